The van der Waals surface area contributed by atoms with Crippen molar-refractivity contribution < 1.29 is 14.2 Å². The van der Waals surface area contributed by atoms with Crippen LogP contribution in [0.5, 0.6) is 5.75 Å². The number of hydrogen-bond acceptors (Lipinski definition) is 4. The fourth-order valence-electron chi connectivity index (χ4n) is 4.06. The Morgan fingerprint density at radius 1 is 1.00 bits per heavy atom. The van der Waals surface area contributed by atoms with Crippen molar-refractivity contribution >= 4 is 17.0 Å². The third-order valence-electron chi connectivity index (χ3n) is 5.34. The second kappa shape index (κ2) is 9.20. The van der Waals surface area contributed by atoms with Gasteiger partial charge in [0.05, 0.1) is 19.3 Å². The molecule has 2 saturated heterocycles. The summed E-state index contributed by atoms with van der Waals surface area (Å²) >= 11 is 0. The highest BCUT2D eigenvalue weighted by molar-refractivity contribution is 8.93. The van der Waals surface area contributed by atoms with Crippen LogP contribution < -0.4 is 4.74 Å². The topological polar surface area (TPSA) is 30.9 Å². The average molecular weight is 434 g/mol. The van der Waals surface area contributed by atoms with Crippen LogP contribution in [0.3, 0.4) is 0 Å². The molecule has 2 aromatic carbocycles. The molecule has 1 unspecified atom stereocenters. The zero-order valence-corrected chi connectivity index (χ0v) is 17.5. The van der Waals surface area contributed by atoms with Crippen LogP contribution >= 0.6 is 17.0 Å². The third-order valence-corrected chi connectivity index (χ3v) is 5.34. The highest BCUT2D eigenvalue weighted by Gasteiger charge is 2.50. The molecule has 2 fully saturated rings. The molecule has 2 aliphatic heterocycles. The number of benzene rings is 2. The number of fused-ring (bicyclic) bond motifs is 2. The number of ether oxygens (including phenoxy) is 3. The molecule has 0 amide bonds. The van der Waals surface area contributed by atoms with E-state index in [1.54, 1.807) is 0 Å². The standard InChI is InChI=1S/C22H27NO3.BrH/c1-2-6-21-22(25-15-13-23(21)14-16-26-22)19-9-11-20(12-10-19)24-17-18-7-4-3-5-8-18;/h3-5,7-12,21H,2,6,13-17H2,1H3;1H. The molecule has 0 aliphatic carbocycles. The van der Waals surface area contributed by atoms with Crippen LogP contribution in [0.1, 0.15) is 30.9 Å². The predicted octanol–water partition coefficient (Wildman–Crippen LogP) is 4.53. The lowest BCUT2D eigenvalue weighted by Gasteiger charge is -2.53. The van der Waals surface area contributed by atoms with Gasteiger partial charge < -0.3 is 14.2 Å². The van der Waals surface area contributed by atoms with Crippen molar-refractivity contribution in [3.05, 3.63) is 65.7 Å². The van der Waals surface area contributed by atoms with Crippen LogP contribution in [0.2, 0.25) is 0 Å². The molecule has 0 N–H and O–H groups in total. The Morgan fingerprint density at radius 3 is 2.30 bits per heavy atom. The zero-order chi connectivity index (χ0) is 17.8. The molecular weight excluding hydrogens is 406 g/mol. The van der Waals surface area contributed by atoms with Gasteiger partial charge in [0, 0.05) is 18.7 Å². The van der Waals surface area contributed by atoms with Gasteiger partial charge in [-0.15, -0.1) is 17.0 Å². The van der Waals surface area contributed by atoms with Crippen molar-refractivity contribution in [3.8, 4) is 5.75 Å². The minimum atomic E-state index is -0.634. The SMILES string of the molecule is Br.CCCC1N2CCOC1(c1ccc(OCc3ccccc3)cc1)OCC2. The van der Waals surface area contributed by atoms with Gasteiger partial charge in [0.1, 0.15) is 12.4 Å². The summed E-state index contributed by atoms with van der Waals surface area (Å²) < 4.78 is 18.4. The summed E-state index contributed by atoms with van der Waals surface area (Å²) in [7, 11) is 0. The van der Waals surface area contributed by atoms with E-state index in [2.05, 4.69) is 36.1 Å². The van der Waals surface area contributed by atoms with E-state index in [1.165, 1.54) is 5.56 Å². The molecule has 146 valence electrons. The fraction of sp³-hybridized carbons (Fsp3) is 0.455. The van der Waals surface area contributed by atoms with Crippen molar-refractivity contribution in [2.45, 2.75) is 38.2 Å². The van der Waals surface area contributed by atoms with E-state index in [-0.39, 0.29) is 23.0 Å². The Morgan fingerprint density at radius 2 is 1.67 bits per heavy atom. The zero-order valence-electron chi connectivity index (χ0n) is 15.8. The summed E-state index contributed by atoms with van der Waals surface area (Å²) in [5.74, 6) is 0.231. The average Bonchev–Trinajstić information content (AvgIpc) is 2.68. The summed E-state index contributed by atoms with van der Waals surface area (Å²) in [6.07, 6.45) is 2.19. The Kier molecular flexibility index (Phi) is 6.93. The van der Waals surface area contributed by atoms with Crippen LogP contribution in [0.15, 0.2) is 54.6 Å². The van der Waals surface area contributed by atoms with Gasteiger partial charge in [-0.25, -0.2) is 0 Å². The van der Waals surface area contributed by atoms with E-state index in [4.69, 9.17) is 14.2 Å². The van der Waals surface area contributed by atoms with Crippen molar-refractivity contribution in [3.63, 3.8) is 0 Å². The van der Waals surface area contributed by atoms with E-state index in [1.807, 2.05) is 30.3 Å². The maximum absolute atomic E-state index is 6.25. The molecular formula is C22H28BrNO3. The molecule has 2 heterocycles. The van der Waals surface area contributed by atoms with E-state index < -0.39 is 5.79 Å². The van der Waals surface area contributed by atoms with Gasteiger partial charge in [-0.1, -0.05) is 43.7 Å². The molecule has 4 nitrogen and oxygen atoms in total. The van der Waals surface area contributed by atoms with E-state index in [9.17, 15) is 0 Å². The van der Waals surface area contributed by atoms with Gasteiger partial charge in [0.2, 0.25) is 5.79 Å². The molecule has 0 spiro atoms. The molecule has 2 aliphatic rings. The Bertz CT molecular complexity index is 697. The van der Waals surface area contributed by atoms with Gasteiger partial charge in [-0.3, -0.25) is 4.90 Å². The van der Waals surface area contributed by atoms with Crippen LogP contribution in [0, 0.1) is 0 Å². The van der Waals surface area contributed by atoms with Gasteiger partial charge in [-0.2, -0.15) is 0 Å². The molecule has 1 atom stereocenters. The molecule has 4 rings (SSSR count). The highest BCUT2D eigenvalue weighted by atomic mass is 79.9. The van der Waals surface area contributed by atoms with Crippen LogP contribution in [-0.4, -0.2) is 37.2 Å². The maximum Gasteiger partial charge on any atom is 0.211 e. The van der Waals surface area contributed by atoms with Crippen molar-refractivity contribution in [1.29, 1.82) is 0 Å². The predicted molar refractivity (Wildman–Crippen MR) is 111 cm³/mol. The van der Waals surface area contributed by atoms with Gasteiger partial charge in [0.25, 0.3) is 0 Å². The molecule has 2 bridgehead atoms. The van der Waals surface area contributed by atoms with Crippen molar-refractivity contribution in [1.82, 2.24) is 4.90 Å². The molecule has 0 aromatic heterocycles. The molecule has 0 saturated carbocycles. The highest BCUT2D eigenvalue weighted by Crippen LogP contribution is 2.41. The maximum atomic E-state index is 6.25. The third kappa shape index (κ3) is 4.21. The minimum Gasteiger partial charge on any atom is -0.489 e. The Balaban J connectivity index is 0.00000210. The van der Waals surface area contributed by atoms with Gasteiger partial charge in [-0.05, 0) is 36.2 Å². The number of morpholine rings is 2. The Hall–Kier alpha value is -1.40. The first-order chi connectivity index (χ1) is 12.8. The lowest BCUT2D eigenvalue weighted by Crippen LogP contribution is -2.63. The van der Waals surface area contributed by atoms with Crippen LogP contribution in [-0.2, 0) is 21.9 Å². The molecule has 0 radical (unpaired) electrons. The number of halogens is 1. The van der Waals surface area contributed by atoms with E-state index >= 15 is 0 Å². The van der Waals surface area contributed by atoms with Crippen molar-refractivity contribution in [2.24, 2.45) is 0 Å². The second-order valence-corrected chi connectivity index (χ2v) is 7.00. The Labute approximate surface area is 172 Å². The first-order valence-corrected chi connectivity index (χ1v) is 9.61. The van der Waals surface area contributed by atoms with Gasteiger partial charge in [0.15, 0.2) is 0 Å². The number of hydrogen-bond donors (Lipinski definition) is 0. The summed E-state index contributed by atoms with van der Waals surface area (Å²) in [5.41, 5.74) is 2.26. The first-order valence-electron chi connectivity index (χ1n) is 9.61. The van der Waals surface area contributed by atoms with Crippen molar-refractivity contribution in [2.75, 3.05) is 26.3 Å². The molecule has 27 heavy (non-hydrogen) atoms. The minimum absolute atomic E-state index is 0. The second-order valence-electron chi connectivity index (χ2n) is 7.00. The number of rotatable bonds is 6. The molecule has 2 aromatic rings. The lowest BCUT2D eigenvalue weighted by molar-refractivity contribution is -0.330. The smallest absolute Gasteiger partial charge is 0.211 e. The van der Waals surface area contributed by atoms with Gasteiger partial charge >= 0.3 is 0 Å². The number of nitrogens with zero attached hydrogens (tertiary/aromatic N) is 1. The van der Waals surface area contributed by atoms with E-state index in [0.717, 1.165) is 37.2 Å². The normalized spacial score (nSPS) is 26.9. The van der Waals surface area contributed by atoms with Crippen LogP contribution in [0.4, 0.5) is 0 Å². The van der Waals surface area contributed by atoms with E-state index in [0.29, 0.717) is 19.8 Å². The largest absolute Gasteiger partial charge is 0.489 e. The summed E-state index contributed by atoms with van der Waals surface area (Å²) in [4.78, 5) is 2.52. The first kappa shape index (κ1) is 20.3. The monoisotopic (exact) mass is 433 g/mol. The van der Waals surface area contributed by atoms with Crippen LogP contribution in [0.25, 0.3) is 0 Å². The lowest BCUT2D eigenvalue weighted by atomic mass is 9.90. The molecule has 5 heteroatoms. The fourth-order valence-corrected chi connectivity index (χ4v) is 4.06. The summed E-state index contributed by atoms with van der Waals surface area (Å²) in [6, 6.07) is 18.7. The summed E-state index contributed by atoms with van der Waals surface area (Å²) in [5, 5.41) is 0. The quantitative estimate of drug-likeness (QED) is 0.669. The summed E-state index contributed by atoms with van der Waals surface area (Å²) in [6.45, 7) is 6.21.